The monoisotopic (exact) mass is 464 g/mol. The summed E-state index contributed by atoms with van der Waals surface area (Å²) in [5.74, 6) is 0.543. The second-order valence-corrected chi connectivity index (χ2v) is 8.67. The Morgan fingerprint density at radius 2 is 1.78 bits per heavy atom. The predicted molar refractivity (Wildman–Crippen MR) is 132 cm³/mol. The minimum absolute atomic E-state index is 0.152. The fraction of sp³-hybridized carbons (Fsp3) is 0.125. The van der Waals surface area contributed by atoms with Crippen LogP contribution in [-0.4, -0.2) is 41.8 Å². The molecule has 1 saturated heterocycles. The molecule has 3 aromatic rings. The number of nitrogens with zero attached hydrogens (tertiary/aromatic N) is 1. The summed E-state index contributed by atoms with van der Waals surface area (Å²) in [6.07, 6.45) is 1.72. The Labute approximate surface area is 195 Å². The molecule has 0 aromatic heterocycles. The summed E-state index contributed by atoms with van der Waals surface area (Å²) < 4.78 is 10.9. The number of thiocarbonyl (C=S) groups is 1. The molecule has 0 saturated carbocycles. The Hall–Kier alpha value is -3.36. The SMILES string of the molecule is COc1ccc(/C=C2\SC(=S)N(CC(=O)Nc3ccc4ccccc4c3)C2=O)cc1OC. The largest absolute Gasteiger partial charge is 0.493 e. The first-order valence-corrected chi connectivity index (χ1v) is 11.0. The normalized spacial score (nSPS) is 14.8. The molecule has 8 heteroatoms. The van der Waals surface area contributed by atoms with E-state index >= 15 is 0 Å². The van der Waals surface area contributed by atoms with E-state index in [-0.39, 0.29) is 18.4 Å². The van der Waals surface area contributed by atoms with Gasteiger partial charge in [0.2, 0.25) is 5.91 Å². The van der Waals surface area contributed by atoms with Gasteiger partial charge in [0.15, 0.2) is 11.5 Å². The number of anilines is 1. The zero-order chi connectivity index (χ0) is 22.7. The number of nitrogens with one attached hydrogen (secondary N) is 1. The highest BCUT2D eigenvalue weighted by Gasteiger charge is 2.33. The van der Waals surface area contributed by atoms with Gasteiger partial charge < -0.3 is 14.8 Å². The lowest BCUT2D eigenvalue weighted by Gasteiger charge is -2.14. The predicted octanol–water partition coefficient (Wildman–Crippen LogP) is 4.70. The number of rotatable bonds is 6. The van der Waals surface area contributed by atoms with E-state index < -0.39 is 0 Å². The maximum Gasteiger partial charge on any atom is 0.266 e. The lowest BCUT2D eigenvalue weighted by molar-refractivity contribution is -0.126. The molecule has 0 bridgehead atoms. The van der Waals surface area contributed by atoms with E-state index in [1.807, 2.05) is 48.5 Å². The van der Waals surface area contributed by atoms with Crippen molar-refractivity contribution in [3.05, 3.63) is 71.1 Å². The van der Waals surface area contributed by atoms with Gasteiger partial charge in [-0.25, -0.2) is 0 Å². The van der Waals surface area contributed by atoms with E-state index in [1.165, 1.54) is 16.7 Å². The second kappa shape index (κ2) is 9.42. The molecule has 162 valence electrons. The van der Waals surface area contributed by atoms with Crippen LogP contribution in [0.15, 0.2) is 65.6 Å². The van der Waals surface area contributed by atoms with Crippen LogP contribution in [0.5, 0.6) is 11.5 Å². The fourth-order valence-electron chi connectivity index (χ4n) is 3.34. The van der Waals surface area contributed by atoms with Gasteiger partial charge >= 0.3 is 0 Å². The summed E-state index contributed by atoms with van der Waals surface area (Å²) in [7, 11) is 3.11. The molecule has 0 atom stereocenters. The molecule has 1 fully saturated rings. The molecule has 4 rings (SSSR count). The highest BCUT2D eigenvalue weighted by molar-refractivity contribution is 8.26. The van der Waals surface area contributed by atoms with Gasteiger partial charge in [-0.1, -0.05) is 60.4 Å². The molecule has 0 spiro atoms. The van der Waals surface area contributed by atoms with E-state index in [2.05, 4.69) is 5.32 Å². The summed E-state index contributed by atoms with van der Waals surface area (Å²) in [6, 6.07) is 18.9. The third-order valence-corrected chi connectivity index (χ3v) is 6.29. The first-order valence-electron chi connectivity index (χ1n) is 9.74. The number of carbonyl (C=O) groups excluding carboxylic acids is 2. The van der Waals surface area contributed by atoms with Crippen molar-refractivity contribution in [2.75, 3.05) is 26.1 Å². The quantitative estimate of drug-likeness (QED) is 0.421. The standard InChI is InChI=1S/C24H20N2O4S2/c1-29-19-10-7-15(11-20(19)30-2)12-21-23(28)26(24(31)32-21)14-22(27)25-18-9-8-16-5-3-4-6-17(16)13-18/h3-13H,14H2,1-2H3,(H,25,27)/b21-12-. The van der Waals surface area contributed by atoms with Crippen LogP contribution >= 0.6 is 24.0 Å². The van der Waals surface area contributed by atoms with Crippen molar-refractivity contribution in [3.8, 4) is 11.5 Å². The van der Waals surface area contributed by atoms with Gasteiger partial charge in [-0.15, -0.1) is 0 Å². The molecule has 32 heavy (non-hydrogen) atoms. The molecular weight excluding hydrogens is 444 g/mol. The highest BCUT2D eigenvalue weighted by Crippen LogP contribution is 2.34. The number of amides is 2. The molecule has 0 radical (unpaired) electrons. The topological polar surface area (TPSA) is 67.9 Å². The second-order valence-electron chi connectivity index (χ2n) is 6.99. The van der Waals surface area contributed by atoms with Crippen LogP contribution in [0.4, 0.5) is 5.69 Å². The van der Waals surface area contributed by atoms with Crippen LogP contribution in [0.3, 0.4) is 0 Å². The maximum absolute atomic E-state index is 12.9. The van der Waals surface area contributed by atoms with Crippen LogP contribution in [0, 0.1) is 0 Å². The smallest absolute Gasteiger partial charge is 0.266 e. The summed E-state index contributed by atoms with van der Waals surface area (Å²) in [4.78, 5) is 27.2. The first-order chi connectivity index (χ1) is 15.5. The summed E-state index contributed by atoms with van der Waals surface area (Å²) in [5.41, 5.74) is 1.43. The minimum Gasteiger partial charge on any atom is -0.493 e. The van der Waals surface area contributed by atoms with Gasteiger partial charge in [-0.2, -0.15) is 0 Å². The minimum atomic E-state index is -0.316. The zero-order valence-electron chi connectivity index (χ0n) is 17.5. The molecule has 6 nitrogen and oxygen atoms in total. The Kier molecular flexibility index (Phi) is 6.43. The van der Waals surface area contributed by atoms with Crippen LogP contribution in [-0.2, 0) is 9.59 Å². The van der Waals surface area contributed by atoms with E-state index in [0.29, 0.717) is 26.4 Å². The number of ether oxygens (including phenoxy) is 2. The van der Waals surface area contributed by atoms with Gasteiger partial charge in [-0.05, 0) is 46.7 Å². The maximum atomic E-state index is 12.9. The summed E-state index contributed by atoms with van der Waals surface area (Å²) in [5, 5.41) is 4.95. The molecule has 1 N–H and O–H groups in total. The fourth-order valence-corrected chi connectivity index (χ4v) is 4.60. The number of carbonyl (C=O) groups is 2. The van der Waals surface area contributed by atoms with E-state index in [4.69, 9.17) is 21.7 Å². The lowest BCUT2D eigenvalue weighted by atomic mass is 10.1. The molecule has 3 aromatic carbocycles. The number of thioether (sulfide) groups is 1. The Morgan fingerprint density at radius 1 is 1.03 bits per heavy atom. The lowest BCUT2D eigenvalue weighted by Crippen LogP contribution is -2.36. The number of hydrogen-bond acceptors (Lipinski definition) is 6. The highest BCUT2D eigenvalue weighted by atomic mass is 32.2. The molecule has 1 aliphatic rings. The first kappa shape index (κ1) is 21.9. The molecule has 0 aliphatic carbocycles. The Bertz CT molecular complexity index is 1260. The van der Waals surface area contributed by atoms with E-state index in [9.17, 15) is 9.59 Å². The van der Waals surface area contributed by atoms with Gasteiger partial charge in [0.1, 0.15) is 10.9 Å². The molecule has 1 aliphatic heterocycles. The van der Waals surface area contributed by atoms with Crippen LogP contribution in [0.2, 0.25) is 0 Å². The summed E-state index contributed by atoms with van der Waals surface area (Å²) >= 11 is 6.51. The van der Waals surface area contributed by atoms with Gasteiger partial charge in [0.25, 0.3) is 5.91 Å². The van der Waals surface area contributed by atoms with Crippen LogP contribution < -0.4 is 14.8 Å². The average Bonchev–Trinajstić information content (AvgIpc) is 3.06. The molecule has 1 heterocycles. The van der Waals surface area contributed by atoms with E-state index in [0.717, 1.165) is 16.3 Å². The Balaban J connectivity index is 1.46. The van der Waals surface area contributed by atoms with Crippen LogP contribution in [0.25, 0.3) is 16.8 Å². The number of fused-ring (bicyclic) bond motifs is 1. The van der Waals surface area contributed by atoms with Crippen molar-refractivity contribution in [1.29, 1.82) is 0 Å². The van der Waals surface area contributed by atoms with Crippen molar-refractivity contribution in [3.63, 3.8) is 0 Å². The van der Waals surface area contributed by atoms with E-state index in [1.54, 1.807) is 32.4 Å². The number of hydrogen-bond donors (Lipinski definition) is 1. The number of benzene rings is 3. The third kappa shape index (κ3) is 4.61. The van der Waals surface area contributed by atoms with Crippen molar-refractivity contribution in [2.45, 2.75) is 0 Å². The molecular formula is C24H20N2O4S2. The number of methoxy groups -OCH3 is 2. The molecule has 0 unspecified atom stereocenters. The van der Waals surface area contributed by atoms with Crippen LogP contribution in [0.1, 0.15) is 5.56 Å². The summed E-state index contributed by atoms with van der Waals surface area (Å²) in [6.45, 7) is -0.152. The average molecular weight is 465 g/mol. The zero-order valence-corrected chi connectivity index (χ0v) is 19.1. The van der Waals surface area contributed by atoms with Gasteiger partial charge in [-0.3, -0.25) is 14.5 Å². The van der Waals surface area contributed by atoms with Crippen molar-refractivity contribution in [2.24, 2.45) is 0 Å². The molecule has 2 amide bonds. The van der Waals surface area contributed by atoms with Gasteiger partial charge in [0.05, 0.1) is 19.1 Å². The van der Waals surface area contributed by atoms with Crippen molar-refractivity contribution >= 4 is 62.7 Å². The van der Waals surface area contributed by atoms with Gasteiger partial charge in [0, 0.05) is 5.69 Å². The van der Waals surface area contributed by atoms with Crippen molar-refractivity contribution < 1.29 is 19.1 Å². The Morgan fingerprint density at radius 3 is 2.53 bits per heavy atom. The third-order valence-electron chi connectivity index (χ3n) is 4.91. The van der Waals surface area contributed by atoms with Crippen molar-refractivity contribution in [1.82, 2.24) is 4.90 Å².